The van der Waals surface area contributed by atoms with Gasteiger partial charge in [0.25, 0.3) is 0 Å². The van der Waals surface area contributed by atoms with Crippen molar-refractivity contribution >= 4 is 5.97 Å². The summed E-state index contributed by atoms with van der Waals surface area (Å²) in [6.07, 6.45) is 9.12. The van der Waals surface area contributed by atoms with Gasteiger partial charge < -0.3 is 9.15 Å². The molecule has 3 nitrogen and oxygen atoms in total. The van der Waals surface area contributed by atoms with Crippen LogP contribution in [0, 0.1) is 6.92 Å². The van der Waals surface area contributed by atoms with Crippen LogP contribution in [0.15, 0.2) is 34.0 Å². The normalized spacial score (nSPS) is 16.2. The number of furan rings is 1. The fourth-order valence-electron chi connectivity index (χ4n) is 2.39. The Morgan fingerprint density at radius 2 is 2.11 bits per heavy atom. The molecule has 0 saturated carbocycles. The standard InChI is InChI=1S/C16H20O3/c1-11-5-4-6-13(16(17)18-3)7-8-14-12(2)10-19-15(14)9-11/h5,7,10H,4,6,8-9H2,1-3H3. The quantitative estimate of drug-likeness (QED) is 0.573. The van der Waals surface area contributed by atoms with Crippen LogP contribution in [0.5, 0.6) is 0 Å². The van der Waals surface area contributed by atoms with Gasteiger partial charge in [-0.2, -0.15) is 0 Å². The zero-order valence-electron chi connectivity index (χ0n) is 11.8. The summed E-state index contributed by atoms with van der Waals surface area (Å²) in [6, 6.07) is 0. The van der Waals surface area contributed by atoms with Gasteiger partial charge in [0.2, 0.25) is 0 Å². The first kappa shape index (κ1) is 13.7. The van der Waals surface area contributed by atoms with E-state index >= 15 is 0 Å². The van der Waals surface area contributed by atoms with Gasteiger partial charge in [-0.3, -0.25) is 0 Å². The van der Waals surface area contributed by atoms with E-state index in [4.69, 9.17) is 9.15 Å². The van der Waals surface area contributed by atoms with Crippen molar-refractivity contribution in [2.45, 2.75) is 39.5 Å². The van der Waals surface area contributed by atoms with Crippen molar-refractivity contribution in [3.63, 3.8) is 0 Å². The number of methoxy groups -OCH3 is 1. The molecule has 0 fully saturated rings. The molecule has 1 aromatic heterocycles. The average Bonchev–Trinajstić information content (AvgIpc) is 2.74. The maximum Gasteiger partial charge on any atom is 0.333 e. The number of esters is 1. The molecule has 1 aromatic rings. The van der Waals surface area contributed by atoms with Crippen LogP contribution in [0.2, 0.25) is 0 Å². The van der Waals surface area contributed by atoms with E-state index in [-0.39, 0.29) is 5.97 Å². The SMILES string of the molecule is COC(=O)C1=CCc2c(C)coc2CC(C)=CCC1. The van der Waals surface area contributed by atoms with E-state index < -0.39 is 0 Å². The van der Waals surface area contributed by atoms with Gasteiger partial charge in [-0.15, -0.1) is 0 Å². The van der Waals surface area contributed by atoms with E-state index in [1.165, 1.54) is 18.2 Å². The molecule has 0 amide bonds. The summed E-state index contributed by atoms with van der Waals surface area (Å²) in [4.78, 5) is 11.7. The molecule has 3 heteroatoms. The first-order chi connectivity index (χ1) is 9.11. The summed E-state index contributed by atoms with van der Waals surface area (Å²) >= 11 is 0. The van der Waals surface area contributed by atoms with Gasteiger partial charge >= 0.3 is 5.97 Å². The lowest BCUT2D eigenvalue weighted by Gasteiger charge is -2.09. The highest BCUT2D eigenvalue weighted by molar-refractivity contribution is 5.88. The molecule has 1 aliphatic carbocycles. The molecule has 0 N–H and O–H groups in total. The maximum atomic E-state index is 11.7. The number of hydrogen-bond donors (Lipinski definition) is 0. The Balaban J connectivity index is 2.36. The van der Waals surface area contributed by atoms with Gasteiger partial charge in [-0.1, -0.05) is 17.7 Å². The first-order valence-electron chi connectivity index (χ1n) is 6.60. The zero-order valence-corrected chi connectivity index (χ0v) is 11.8. The Kier molecular flexibility index (Phi) is 4.25. The number of carbonyl (C=O) groups is 1. The Hall–Kier alpha value is -1.77. The first-order valence-corrected chi connectivity index (χ1v) is 6.60. The van der Waals surface area contributed by atoms with Crippen molar-refractivity contribution in [1.29, 1.82) is 0 Å². The minimum Gasteiger partial charge on any atom is -0.468 e. The summed E-state index contributed by atoms with van der Waals surface area (Å²) in [6.45, 7) is 4.14. The largest absolute Gasteiger partial charge is 0.468 e. The van der Waals surface area contributed by atoms with Crippen molar-refractivity contribution < 1.29 is 13.9 Å². The topological polar surface area (TPSA) is 39.4 Å². The van der Waals surface area contributed by atoms with Crippen molar-refractivity contribution in [1.82, 2.24) is 0 Å². The highest BCUT2D eigenvalue weighted by atomic mass is 16.5. The van der Waals surface area contributed by atoms with Crippen LogP contribution in [0.3, 0.4) is 0 Å². The van der Waals surface area contributed by atoms with Gasteiger partial charge in [0, 0.05) is 17.6 Å². The number of aryl methyl sites for hydroxylation is 1. The van der Waals surface area contributed by atoms with Crippen molar-refractivity contribution in [2.75, 3.05) is 7.11 Å². The molecular weight excluding hydrogens is 240 g/mol. The van der Waals surface area contributed by atoms with Gasteiger partial charge in [0.1, 0.15) is 5.76 Å². The molecule has 0 atom stereocenters. The van der Waals surface area contributed by atoms with Crippen LogP contribution < -0.4 is 0 Å². The van der Waals surface area contributed by atoms with Crippen LogP contribution in [-0.4, -0.2) is 13.1 Å². The Morgan fingerprint density at radius 1 is 1.32 bits per heavy atom. The third-order valence-electron chi connectivity index (χ3n) is 3.54. The number of rotatable bonds is 1. The molecule has 0 saturated heterocycles. The lowest BCUT2D eigenvalue weighted by Crippen LogP contribution is -2.06. The Bertz CT molecular complexity index is 532. The summed E-state index contributed by atoms with van der Waals surface area (Å²) in [5.74, 6) is 0.781. The average molecular weight is 260 g/mol. The highest BCUT2D eigenvalue weighted by Gasteiger charge is 2.14. The molecule has 0 radical (unpaired) electrons. The fourth-order valence-corrected chi connectivity index (χ4v) is 2.39. The van der Waals surface area contributed by atoms with Gasteiger partial charge in [-0.25, -0.2) is 4.79 Å². The van der Waals surface area contributed by atoms with E-state index in [0.717, 1.165) is 42.6 Å². The Morgan fingerprint density at radius 3 is 2.84 bits per heavy atom. The second-order valence-electron chi connectivity index (χ2n) is 5.01. The maximum absolute atomic E-state index is 11.7. The van der Waals surface area contributed by atoms with Crippen LogP contribution >= 0.6 is 0 Å². The second kappa shape index (κ2) is 5.91. The lowest BCUT2D eigenvalue weighted by atomic mass is 9.98. The molecule has 0 spiro atoms. The van der Waals surface area contributed by atoms with Gasteiger partial charge in [-0.05, 0) is 38.7 Å². The number of allylic oxidation sites excluding steroid dienone is 3. The van der Waals surface area contributed by atoms with Crippen LogP contribution in [0.25, 0.3) is 0 Å². The second-order valence-corrected chi connectivity index (χ2v) is 5.01. The number of carbonyl (C=O) groups excluding carboxylic acids is 1. The molecule has 1 aliphatic rings. The lowest BCUT2D eigenvalue weighted by molar-refractivity contribution is -0.136. The molecule has 0 unspecified atom stereocenters. The number of fused-ring (bicyclic) bond motifs is 1. The van der Waals surface area contributed by atoms with Gasteiger partial charge in [0.15, 0.2) is 0 Å². The van der Waals surface area contributed by atoms with E-state index in [1.54, 1.807) is 6.26 Å². The molecule has 0 aliphatic heterocycles. The predicted molar refractivity (Wildman–Crippen MR) is 73.9 cm³/mol. The molecule has 102 valence electrons. The smallest absolute Gasteiger partial charge is 0.333 e. The third kappa shape index (κ3) is 3.16. The molecule has 1 heterocycles. The predicted octanol–water partition coefficient (Wildman–Crippen LogP) is 3.51. The molecule has 19 heavy (non-hydrogen) atoms. The zero-order chi connectivity index (χ0) is 13.8. The molecule has 2 rings (SSSR count). The van der Waals surface area contributed by atoms with Crippen LogP contribution in [-0.2, 0) is 22.4 Å². The van der Waals surface area contributed by atoms with Crippen molar-refractivity contribution in [3.8, 4) is 0 Å². The fraction of sp³-hybridized carbons (Fsp3) is 0.438. The van der Waals surface area contributed by atoms with E-state index in [0.29, 0.717) is 0 Å². The van der Waals surface area contributed by atoms with E-state index in [2.05, 4.69) is 13.0 Å². The van der Waals surface area contributed by atoms with Crippen LogP contribution in [0.4, 0.5) is 0 Å². The van der Waals surface area contributed by atoms with E-state index in [9.17, 15) is 4.79 Å². The van der Waals surface area contributed by atoms with Crippen LogP contribution in [0.1, 0.15) is 36.7 Å². The number of ether oxygens (including phenoxy) is 1. The van der Waals surface area contributed by atoms with Crippen molar-refractivity contribution in [2.24, 2.45) is 0 Å². The Labute approximate surface area is 113 Å². The summed E-state index contributed by atoms with van der Waals surface area (Å²) in [5, 5.41) is 0. The third-order valence-corrected chi connectivity index (χ3v) is 3.54. The minimum atomic E-state index is -0.227. The van der Waals surface area contributed by atoms with Gasteiger partial charge in [0.05, 0.1) is 13.4 Å². The summed E-state index contributed by atoms with van der Waals surface area (Å²) in [7, 11) is 1.43. The molecular formula is C16H20O3. The summed E-state index contributed by atoms with van der Waals surface area (Å²) in [5.41, 5.74) is 4.36. The summed E-state index contributed by atoms with van der Waals surface area (Å²) < 4.78 is 10.5. The molecule has 0 bridgehead atoms. The van der Waals surface area contributed by atoms with Crippen molar-refractivity contribution in [3.05, 3.63) is 46.4 Å². The highest BCUT2D eigenvalue weighted by Crippen LogP contribution is 2.23. The number of hydrogen-bond acceptors (Lipinski definition) is 3. The monoisotopic (exact) mass is 260 g/mol. The molecule has 0 aromatic carbocycles. The van der Waals surface area contributed by atoms with E-state index in [1.807, 2.05) is 13.0 Å². The minimum absolute atomic E-state index is 0.227.